The van der Waals surface area contributed by atoms with Crippen LogP contribution in [0.2, 0.25) is 0 Å². The molecule has 0 heterocycles. The van der Waals surface area contributed by atoms with Crippen molar-refractivity contribution in [2.45, 2.75) is 18.2 Å². The molecule has 0 bridgehead atoms. The second-order valence-corrected chi connectivity index (χ2v) is 7.03. The summed E-state index contributed by atoms with van der Waals surface area (Å²) >= 11 is 0. The van der Waals surface area contributed by atoms with E-state index in [1.807, 2.05) is 11.6 Å². The number of urea groups is 1. The van der Waals surface area contributed by atoms with Crippen LogP contribution >= 0.6 is 0 Å². The Balaban J connectivity index is 1.86. The van der Waals surface area contributed by atoms with Gasteiger partial charge in [0.15, 0.2) is 0 Å². The minimum Gasteiger partial charge on any atom is -0.337 e. The molecule has 0 atom stereocenters. The van der Waals surface area contributed by atoms with Crippen LogP contribution in [0.15, 0.2) is 53.4 Å². The van der Waals surface area contributed by atoms with Crippen LogP contribution in [0.25, 0.3) is 0 Å². The van der Waals surface area contributed by atoms with Gasteiger partial charge in [-0.1, -0.05) is 29.8 Å². The highest BCUT2D eigenvalue weighted by molar-refractivity contribution is 7.90. The third kappa shape index (κ3) is 5.28. The molecule has 0 aliphatic rings. The summed E-state index contributed by atoms with van der Waals surface area (Å²) in [4.78, 5) is 21.8. The number of hydrogen-bond donors (Lipinski definition) is 2. The van der Waals surface area contributed by atoms with Crippen molar-refractivity contribution in [3.63, 3.8) is 0 Å². The number of carbonyl (C=O) groups excluding carboxylic acids is 1. The van der Waals surface area contributed by atoms with E-state index < -0.39 is 21.0 Å². The first kappa shape index (κ1) is 18.4. The Kier molecular flexibility index (Phi) is 5.71. The summed E-state index contributed by atoms with van der Waals surface area (Å²) in [6.45, 7) is 2.02. The number of aryl methyl sites for hydroxylation is 1. The molecule has 2 aromatic rings. The minimum absolute atomic E-state index is 0.00335. The van der Waals surface area contributed by atoms with Crippen LogP contribution in [-0.4, -0.2) is 25.9 Å². The standard InChI is InChI=1S/C16H17N3O5S/c1-12-2-8-15(9-3-12)25(23,24)18-16(20)17-11-10-13-4-6-14(7-5-13)19(21)22/h2-9H,10-11H2,1H3,(H2,17,18,20). The zero-order chi connectivity index (χ0) is 18.4. The lowest BCUT2D eigenvalue weighted by Gasteiger charge is -2.09. The van der Waals surface area contributed by atoms with Gasteiger partial charge in [-0.25, -0.2) is 17.9 Å². The van der Waals surface area contributed by atoms with Crippen molar-refractivity contribution in [1.29, 1.82) is 0 Å². The molecular weight excluding hydrogens is 346 g/mol. The highest BCUT2D eigenvalue weighted by Gasteiger charge is 2.16. The minimum atomic E-state index is -3.92. The maximum Gasteiger partial charge on any atom is 0.328 e. The van der Waals surface area contributed by atoms with E-state index in [9.17, 15) is 23.3 Å². The molecule has 0 aromatic heterocycles. The number of hydrogen-bond acceptors (Lipinski definition) is 5. The van der Waals surface area contributed by atoms with Gasteiger partial charge in [-0.05, 0) is 31.0 Å². The molecule has 132 valence electrons. The third-order valence-electron chi connectivity index (χ3n) is 3.40. The molecule has 0 saturated heterocycles. The third-order valence-corrected chi connectivity index (χ3v) is 4.75. The van der Waals surface area contributed by atoms with Crippen LogP contribution in [0.1, 0.15) is 11.1 Å². The highest BCUT2D eigenvalue weighted by Crippen LogP contribution is 2.12. The SMILES string of the molecule is Cc1ccc(S(=O)(=O)NC(=O)NCCc2ccc([N+](=O)[O-])cc2)cc1. The number of nitrogens with zero attached hydrogens (tertiary/aromatic N) is 1. The molecule has 0 spiro atoms. The number of carbonyl (C=O) groups is 1. The highest BCUT2D eigenvalue weighted by atomic mass is 32.2. The van der Waals surface area contributed by atoms with Gasteiger partial charge in [0.25, 0.3) is 15.7 Å². The maximum absolute atomic E-state index is 12.1. The van der Waals surface area contributed by atoms with Crippen LogP contribution in [0.5, 0.6) is 0 Å². The molecule has 2 rings (SSSR count). The molecule has 0 aliphatic carbocycles. The van der Waals surface area contributed by atoms with Crippen molar-refractivity contribution in [1.82, 2.24) is 10.0 Å². The van der Waals surface area contributed by atoms with Crippen LogP contribution in [0, 0.1) is 17.0 Å². The van der Waals surface area contributed by atoms with Crippen LogP contribution in [-0.2, 0) is 16.4 Å². The lowest BCUT2D eigenvalue weighted by atomic mass is 10.1. The molecule has 2 aromatic carbocycles. The number of rotatable bonds is 6. The summed E-state index contributed by atoms with van der Waals surface area (Å²) in [6, 6.07) is 11.2. The fraction of sp³-hybridized carbons (Fsp3) is 0.188. The van der Waals surface area contributed by atoms with E-state index in [1.54, 1.807) is 24.3 Å². The smallest absolute Gasteiger partial charge is 0.328 e. The average Bonchev–Trinajstić information content (AvgIpc) is 2.55. The van der Waals surface area contributed by atoms with Crippen LogP contribution in [0.4, 0.5) is 10.5 Å². The van der Waals surface area contributed by atoms with Gasteiger partial charge in [0.1, 0.15) is 0 Å². The summed E-state index contributed by atoms with van der Waals surface area (Å²) < 4.78 is 26.0. The Hall–Kier alpha value is -2.94. The predicted molar refractivity (Wildman–Crippen MR) is 91.7 cm³/mol. The number of non-ortho nitro benzene ring substituents is 1. The van der Waals surface area contributed by atoms with E-state index >= 15 is 0 Å². The summed E-state index contributed by atoms with van der Waals surface area (Å²) in [5.41, 5.74) is 1.68. The van der Waals surface area contributed by atoms with Gasteiger partial charge in [-0.15, -0.1) is 0 Å². The molecule has 9 heteroatoms. The van der Waals surface area contributed by atoms with Gasteiger partial charge < -0.3 is 5.32 Å². The topological polar surface area (TPSA) is 118 Å². The van der Waals surface area contributed by atoms with Crippen molar-refractivity contribution >= 4 is 21.7 Å². The number of amides is 2. The van der Waals surface area contributed by atoms with Crippen molar-refractivity contribution in [2.24, 2.45) is 0 Å². The van der Waals surface area contributed by atoms with E-state index in [0.29, 0.717) is 6.42 Å². The second-order valence-electron chi connectivity index (χ2n) is 5.35. The molecule has 2 amide bonds. The molecule has 0 saturated carbocycles. The molecule has 0 fully saturated rings. The van der Waals surface area contributed by atoms with Gasteiger partial charge in [-0.3, -0.25) is 10.1 Å². The van der Waals surface area contributed by atoms with E-state index in [4.69, 9.17) is 0 Å². The number of nitro groups is 1. The number of sulfonamides is 1. The Morgan fingerprint density at radius 2 is 1.68 bits per heavy atom. The van der Waals surface area contributed by atoms with Crippen molar-refractivity contribution in [3.8, 4) is 0 Å². The molecule has 0 radical (unpaired) electrons. The maximum atomic E-state index is 12.1. The van der Waals surface area contributed by atoms with E-state index in [1.165, 1.54) is 24.3 Å². The molecule has 2 N–H and O–H groups in total. The van der Waals surface area contributed by atoms with Gasteiger partial charge >= 0.3 is 6.03 Å². The van der Waals surface area contributed by atoms with E-state index in [0.717, 1.165) is 11.1 Å². The fourth-order valence-corrected chi connectivity index (χ4v) is 2.97. The lowest BCUT2D eigenvalue weighted by molar-refractivity contribution is -0.384. The summed E-state index contributed by atoms with van der Waals surface area (Å²) in [6.07, 6.45) is 0.413. The van der Waals surface area contributed by atoms with E-state index in [2.05, 4.69) is 5.32 Å². The molecule has 0 unspecified atom stereocenters. The van der Waals surface area contributed by atoms with Gasteiger partial charge in [0.2, 0.25) is 0 Å². The van der Waals surface area contributed by atoms with E-state index in [-0.39, 0.29) is 17.1 Å². The number of nitro benzene ring substituents is 1. The molecule has 8 nitrogen and oxygen atoms in total. The van der Waals surface area contributed by atoms with Crippen LogP contribution in [0.3, 0.4) is 0 Å². The predicted octanol–water partition coefficient (Wildman–Crippen LogP) is 2.13. The zero-order valence-electron chi connectivity index (χ0n) is 13.4. The lowest BCUT2D eigenvalue weighted by Crippen LogP contribution is -2.40. The van der Waals surface area contributed by atoms with Crippen molar-refractivity contribution in [3.05, 3.63) is 69.8 Å². The first-order chi connectivity index (χ1) is 11.8. The quantitative estimate of drug-likeness (QED) is 0.602. The Bertz CT molecular complexity index is 862. The Morgan fingerprint density at radius 1 is 1.08 bits per heavy atom. The number of benzene rings is 2. The first-order valence-electron chi connectivity index (χ1n) is 7.38. The van der Waals surface area contributed by atoms with Gasteiger partial charge in [-0.2, -0.15) is 0 Å². The largest absolute Gasteiger partial charge is 0.337 e. The number of nitrogens with one attached hydrogen (secondary N) is 2. The zero-order valence-corrected chi connectivity index (χ0v) is 14.2. The van der Waals surface area contributed by atoms with Crippen molar-refractivity contribution < 1.29 is 18.1 Å². The molecule has 0 aliphatic heterocycles. The van der Waals surface area contributed by atoms with Gasteiger partial charge in [0, 0.05) is 18.7 Å². The normalized spacial score (nSPS) is 10.9. The van der Waals surface area contributed by atoms with Crippen LogP contribution < -0.4 is 10.0 Å². The molecule has 25 heavy (non-hydrogen) atoms. The monoisotopic (exact) mass is 363 g/mol. The fourth-order valence-electron chi connectivity index (χ4n) is 2.04. The van der Waals surface area contributed by atoms with Crippen molar-refractivity contribution in [2.75, 3.05) is 6.54 Å². The second kappa shape index (κ2) is 7.75. The molecular formula is C16H17N3O5S. The Morgan fingerprint density at radius 3 is 2.24 bits per heavy atom. The van der Waals surface area contributed by atoms with Gasteiger partial charge in [0.05, 0.1) is 9.82 Å². The summed E-state index contributed by atoms with van der Waals surface area (Å²) in [5, 5.41) is 13.0. The summed E-state index contributed by atoms with van der Waals surface area (Å²) in [7, 11) is -3.92. The summed E-state index contributed by atoms with van der Waals surface area (Å²) in [5.74, 6) is 0. The Labute approximate surface area is 145 Å². The average molecular weight is 363 g/mol. The first-order valence-corrected chi connectivity index (χ1v) is 8.87.